The van der Waals surface area contributed by atoms with Crippen LogP contribution < -0.4 is 5.32 Å². The topological polar surface area (TPSA) is 118 Å². The molecule has 3 aromatic carbocycles. The summed E-state index contributed by atoms with van der Waals surface area (Å²) >= 11 is 0. The van der Waals surface area contributed by atoms with Crippen molar-refractivity contribution < 1.29 is 34.0 Å². The highest BCUT2D eigenvalue weighted by Crippen LogP contribution is 2.39. The van der Waals surface area contributed by atoms with E-state index in [4.69, 9.17) is 14.2 Å². The summed E-state index contributed by atoms with van der Waals surface area (Å²) in [6, 6.07) is 24.1. The number of esters is 1. The van der Waals surface area contributed by atoms with E-state index in [1.165, 1.54) is 6.92 Å². The van der Waals surface area contributed by atoms with Gasteiger partial charge in [0.1, 0.15) is 0 Å². The molecule has 2 aliphatic rings. The number of rotatable bonds is 11. The first-order valence-electron chi connectivity index (χ1n) is 15.3. The third-order valence-electron chi connectivity index (χ3n) is 8.38. The largest absolute Gasteiger partial charge is 0.453 e. The molecule has 0 unspecified atom stereocenters. The second-order valence-corrected chi connectivity index (χ2v) is 11.6. The Kier molecular flexibility index (Phi) is 10.8. The highest BCUT2D eigenvalue weighted by Gasteiger charge is 2.35. The van der Waals surface area contributed by atoms with E-state index in [-0.39, 0.29) is 37.4 Å². The number of carbonyl (C=O) groups is 2. The Balaban J connectivity index is 1.29. The Labute approximate surface area is 258 Å². The summed E-state index contributed by atoms with van der Waals surface area (Å²) in [5.74, 6) is -0.841. The van der Waals surface area contributed by atoms with Crippen molar-refractivity contribution in [3.8, 4) is 11.1 Å². The molecule has 0 spiro atoms. The number of aliphatic hydroxyl groups is 2. The summed E-state index contributed by atoms with van der Waals surface area (Å²) in [4.78, 5) is 25.7. The molecule has 44 heavy (non-hydrogen) atoms. The smallest absolute Gasteiger partial charge is 0.303 e. The van der Waals surface area contributed by atoms with Crippen LogP contribution in [0.1, 0.15) is 67.8 Å². The number of nitrogens with zero attached hydrogens (tertiary/aromatic N) is 1. The molecule has 2 aliphatic heterocycles. The number of likely N-dealkylation sites (tertiary alicyclic amines) is 1. The number of ether oxygens (including phenoxy) is 3. The van der Waals surface area contributed by atoms with Crippen molar-refractivity contribution in [3.05, 3.63) is 95.1 Å². The van der Waals surface area contributed by atoms with E-state index < -0.39 is 18.4 Å². The summed E-state index contributed by atoms with van der Waals surface area (Å²) < 4.78 is 18.0. The van der Waals surface area contributed by atoms with E-state index in [9.17, 15) is 19.8 Å². The first kappa shape index (κ1) is 31.8. The maximum Gasteiger partial charge on any atom is 0.303 e. The summed E-state index contributed by atoms with van der Waals surface area (Å²) in [5, 5.41) is 22.2. The SMILES string of the molecule is CC(=O)O[C@@H](C)C(=O)NCc1cccc(-c2ccc([C@H]3O[C@@H](CN4CCC[C@H]4CO)C[C@@H](c4ccc(CO)cc4)O3)cc2)c1. The van der Waals surface area contributed by atoms with Gasteiger partial charge in [-0.1, -0.05) is 66.7 Å². The molecule has 1 amide bonds. The Morgan fingerprint density at radius 2 is 1.73 bits per heavy atom. The third-order valence-corrected chi connectivity index (χ3v) is 8.38. The van der Waals surface area contributed by atoms with Crippen LogP contribution >= 0.6 is 0 Å². The first-order chi connectivity index (χ1) is 21.3. The molecular formula is C35H42N2O7. The molecule has 0 aliphatic carbocycles. The Hall–Kier alpha value is -3.60. The van der Waals surface area contributed by atoms with Gasteiger partial charge < -0.3 is 29.7 Å². The maximum absolute atomic E-state index is 12.3. The molecule has 5 atom stereocenters. The van der Waals surface area contributed by atoms with Crippen LogP contribution in [0.2, 0.25) is 0 Å². The van der Waals surface area contributed by atoms with Gasteiger partial charge in [-0.15, -0.1) is 0 Å². The summed E-state index contributed by atoms with van der Waals surface area (Å²) in [6.07, 6.45) is 1.13. The number of carbonyl (C=O) groups excluding carboxylic acids is 2. The minimum Gasteiger partial charge on any atom is -0.453 e. The van der Waals surface area contributed by atoms with Crippen LogP contribution in [0.4, 0.5) is 0 Å². The zero-order valence-corrected chi connectivity index (χ0v) is 25.4. The predicted octanol–water partition coefficient (Wildman–Crippen LogP) is 4.42. The van der Waals surface area contributed by atoms with Gasteiger partial charge in [-0.25, -0.2) is 0 Å². The second-order valence-electron chi connectivity index (χ2n) is 11.6. The number of amides is 1. The quantitative estimate of drug-likeness (QED) is 0.276. The van der Waals surface area contributed by atoms with Gasteiger partial charge in [0.25, 0.3) is 5.91 Å². The van der Waals surface area contributed by atoms with E-state index in [2.05, 4.69) is 10.2 Å². The fourth-order valence-electron chi connectivity index (χ4n) is 5.97. The Morgan fingerprint density at radius 3 is 2.43 bits per heavy atom. The summed E-state index contributed by atoms with van der Waals surface area (Å²) in [5.41, 5.74) is 5.76. The molecule has 0 radical (unpaired) electrons. The molecular weight excluding hydrogens is 560 g/mol. The maximum atomic E-state index is 12.3. The minimum atomic E-state index is -0.849. The Morgan fingerprint density at radius 1 is 0.977 bits per heavy atom. The molecule has 2 saturated heterocycles. The molecule has 3 N–H and O–H groups in total. The van der Waals surface area contributed by atoms with Crippen LogP contribution in [-0.4, -0.2) is 64.9 Å². The highest BCUT2D eigenvalue weighted by molar-refractivity contribution is 5.82. The van der Waals surface area contributed by atoms with Crippen LogP contribution in [-0.2, 0) is 37.0 Å². The van der Waals surface area contributed by atoms with Crippen molar-refractivity contribution in [2.75, 3.05) is 19.7 Å². The van der Waals surface area contributed by atoms with Gasteiger partial charge >= 0.3 is 5.97 Å². The lowest BCUT2D eigenvalue weighted by molar-refractivity contribution is -0.253. The zero-order valence-electron chi connectivity index (χ0n) is 25.4. The third kappa shape index (κ3) is 8.11. The van der Waals surface area contributed by atoms with Crippen molar-refractivity contribution in [2.24, 2.45) is 0 Å². The average molecular weight is 603 g/mol. The monoisotopic (exact) mass is 602 g/mol. The van der Waals surface area contributed by atoms with Crippen LogP contribution in [0.25, 0.3) is 11.1 Å². The molecule has 2 heterocycles. The molecule has 0 saturated carbocycles. The van der Waals surface area contributed by atoms with Gasteiger partial charge in [-0.05, 0) is 60.2 Å². The minimum absolute atomic E-state index is 0.00312. The van der Waals surface area contributed by atoms with Gasteiger partial charge in [0, 0.05) is 38.0 Å². The van der Waals surface area contributed by atoms with Gasteiger partial charge in [-0.3, -0.25) is 14.5 Å². The fraction of sp³-hybridized carbons (Fsp3) is 0.429. The van der Waals surface area contributed by atoms with Crippen LogP contribution in [0.3, 0.4) is 0 Å². The van der Waals surface area contributed by atoms with Crippen molar-refractivity contribution in [2.45, 2.75) is 76.9 Å². The zero-order chi connectivity index (χ0) is 31.1. The van der Waals surface area contributed by atoms with Crippen molar-refractivity contribution in [1.82, 2.24) is 10.2 Å². The highest BCUT2D eigenvalue weighted by atomic mass is 16.7. The molecule has 234 valence electrons. The number of aliphatic hydroxyl groups excluding tert-OH is 2. The summed E-state index contributed by atoms with van der Waals surface area (Å²) in [6.45, 7) is 4.98. The van der Waals surface area contributed by atoms with Gasteiger partial charge in [0.2, 0.25) is 0 Å². The van der Waals surface area contributed by atoms with Gasteiger partial charge in [-0.2, -0.15) is 0 Å². The predicted molar refractivity (Wildman–Crippen MR) is 165 cm³/mol. The molecule has 9 nitrogen and oxygen atoms in total. The molecule has 0 bridgehead atoms. The standard InChI is InChI=1S/C35H42N2O7/c1-23(42-24(2)40)34(41)36-19-26-5-3-6-30(17-26)27-12-14-29(15-13-27)35-43-32(20-37-16-4-7-31(37)22-39)18-33(44-35)28-10-8-25(21-38)9-11-28/h3,5-6,8-15,17,23,31-33,35,38-39H,4,7,16,18-22H2,1-2H3,(H,36,41)/t23-,31-,32+,33-,35-/m0/s1. The average Bonchev–Trinajstić information content (AvgIpc) is 3.50. The molecule has 3 aromatic rings. The number of hydrogen-bond acceptors (Lipinski definition) is 8. The number of benzene rings is 3. The fourth-order valence-corrected chi connectivity index (χ4v) is 5.97. The molecule has 9 heteroatoms. The van der Waals surface area contributed by atoms with E-state index in [1.54, 1.807) is 6.92 Å². The number of nitrogens with one attached hydrogen (secondary N) is 1. The van der Waals surface area contributed by atoms with Crippen LogP contribution in [0.15, 0.2) is 72.8 Å². The normalized spacial score (nSPS) is 22.8. The number of hydrogen-bond donors (Lipinski definition) is 3. The van der Waals surface area contributed by atoms with Crippen molar-refractivity contribution in [3.63, 3.8) is 0 Å². The van der Waals surface area contributed by atoms with E-state index in [0.717, 1.165) is 59.3 Å². The van der Waals surface area contributed by atoms with Crippen LogP contribution in [0.5, 0.6) is 0 Å². The lowest BCUT2D eigenvalue weighted by atomic mass is 9.98. The van der Waals surface area contributed by atoms with Crippen molar-refractivity contribution >= 4 is 11.9 Å². The molecule has 2 fully saturated rings. The van der Waals surface area contributed by atoms with E-state index in [0.29, 0.717) is 13.0 Å². The summed E-state index contributed by atoms with van der Waals surface area (Å²) in [7, 11) is 0. The first-order valence-corrected chi connectivity index (χ1v) is 15.3. The lowest BCUT2D eigenvalue weighted by Gasteiger charge is -2.38. The lowest BCUT2D eigenvalue weighted by Crippen LogP contribution is -2.42. The molecule has 5 rings (SSSR count). The second kappa shape index (κ2) is 14.9. The van der Waals surface area contributed by atoms with Crippen molar-refractivity contribution in [1.29, 1.82) is 0 Å². The van der Waals surface area contributed by atoms with Gasteiger partial charge in [0.15, 0.2) is 12.4 Å². The van der Waals surface area contributed by atoms with E-state index >= 15 is 0 Å². The Bertz CT molecular complexity index is 1390. The molecule has 0 aromatic heterocycles. The van der Waals surface area contributed by atoms with Crippen LogP contribution in [0, 0.1) is 0 Å². The van der Waals surface area contributed by atoms with E-state index in [1.807, 2.05) is 72.8 Å². The van der Waals surface area contributed by atoms with Gasteiger partial charge in [0.05, 0.1) is 25.4 Å².